The van der Waals surface area contributed by atoms with E-state index in [1.165, 1.54) is 5.56 Å². The Kier molecular flexibility index (Phi) is 3.15. The van der Waals surface area contributed by atoms with Crippen LogP contribution in [0.5, 0.6) is 0 Å². The second-order valence-electron chi connectivity index (χ2n) is 3.25. The summed E-state index contributed by atoms with van der Waals surface area (Å²) in [6.45, 7) is 2.06. The van der Waals surface area contributed by atoms with Crippen LogP contribution in [0.3, 0.4) is 0 Å². The van der Waals surface area contributed by atoms with Crippen LogP contribution < -0.4 is 5.43 Å². The van der Waals surface area contributed by atoms with Gasteiger partial charge in [0.2, 0.25) is 0 Å². The molecule has 0 saturated heterocycles. The standard InChI is InChI=1S/C12H12N2S/c1-10-4-2-5-11(8-10)14-13-9-12-6-3-7-15-12/h2-9,14H,1H3/b13-9+. The van der Waals surface area contributed by atoms with Gasteiger partial charge in [0.1, 0.15) is 0 Å². The Balaban J connectivity index is 1.99. The zero-order valence-corrected chi connectivity index (χ0v) is 9.29. The Morgan fingerprint density at radius 2 is 2.20 bits per heavy atom. The number of anilines is 1. The number of thiophene rings is 1. The molecule has 0 atom stereocenters. The Labute approximate surface area is 93.3 Å². The van der Waals surface area contributed by atoms with E-state index in [1.54, 1.807) is 11.3 Å². The number of hydrogen-bond donors (Lipinski definition) is 1. The molecule has 0 fully saturated rings. The number of hydrogen-bond acceptors (Lipinski definition) is 3. The Morgan fingerprint density at radius 1 is 1.27 bits per heavy atom. The molecule has 0 bridgehead atoms. The molecular weight excluding hydrogens is 204 g/mol. The van der Waals surface area contributed by atoms with Gasteiger partial charge in [-0.15, -0.1) is 11.3 Å². The predicted molar refractivity (Wildman–Crippen MR) is 66.7 cm³/mol. The van der Waals surface area contributed by atoms with Gasteiger partial charge in [0.05, 0.1) is 11.9 Å². The molecule has 0 spiro atoms. The molecule has 0 radical (unpaired) electrons. The average Bonchev–Trinajstić information content (AvgIpc) is 2.71. The zero-order valence-electron chi connectivity index (χ0n) is 8.47. The summed E-state index contributed by atoms with van der Waals surface area (Å²) < 4.78 is 0. The quantitative estimate of drug-likeness (QED) is 0.616. The van der Waals surface area contributed by atoms with Crippen LogP contribution in [0.15, 0.2) is 46.9 Å². The van der Waals surface area contributed by atoms with Crippen LogP contribution in [0.25, 0.3) is 0 Å². The van der Waals surface area contributed by atoms with Crippen molar-refractivity contribution >= 4 is 23.2 Å². The van der Waals surface area contributed by atoms with E-state index in [0.717, 1.165) is 10.6 Å². The fourth-order valence-corrected chi connectivity index (χ4v) is 1.83. The second-order valence-corrected chi connectivity index (χ2v) is 4.23. The molecule has 0 unspecified atom stereocenters. The van der Waals surface area contributed by atoms with Gasteiger partial charge in [-0.1, -0.05) is 18.2 Å². The summed E-state index contributed by atoms with van der Waals surface area (Å²) >= 11 is 1.67. The molecular formula is C12H12N2S. The van der Waals surface area contributed by atoms with Crippen molar-refractivity contribution in [2.24, 2.45) is 5.10 Å². The molecule has 0 aliphatic heterocycles. The highest BCUT2D eigenvalue weighted by Crippen LogP contribution is 2.09. The first kappa shape index (κ1) is 9.93. The lowest BCUT2D eigenvalue weighted by molar-refractivity contribution is 1.33. The molecule has 0 saturated carbocycles. The minimum atomic E-state index is 1.02. The Hall–Kier alpha value is -1.61. The van der Waals surface area contributed by atoms with E-state index in [9.17, 15) is 0 Å². The number of hydrazone groups is 1. The van der Waals surface area contributed by atoms with Crippen molar-refractivity contribution in [3.05, 3.63) is 52.2 Å². The van der Waals surface area contributed by atoms with E-state index in [1.807, 2.05) is 35.9 Å². The van der Waals surface area contributed by atoms with Crippen LogP contribution in [0, 0.1) is 6.92 Å². The van der Waals surface area contributed by atoms with Gasteiger partial charge in [-0.25, -0.2) is 0 Å². The minimum Gasteiger partial charge on any atom is -0.278 e. The first-order valence-corrected chi connectivity index (χ1v) is 5.62. The lowest BCUT2D eigenvalue weighted by atomic mass is 10.2. The summed E-state index contributed by atoms with van der Waals surface area (Å²) in [4.78, 5) is 1.15. The van der Waals surface area contributed by atoms with Crippen molar-refractivity contribution < 1.29 is 0 Å². The number of nitrogens with zero attached hydrogens (tertiary/aromatic N) is 1. The summed E-state index contributed by atoms with van der Waals surface area (Å²) in [6, 6.07) is 12.2. The van der Waals surface area contributed by atoms with Gasteiger partial charge in [-0.2, -0.15) is 5.10 Å². The smallest absolute Gasteiger partial charge is 0.0644 e. The summed E-state index contributed by atoms with van der Waals surface area (Å²) in [5, 5.41) is 6.20. The molecule has 2 rings (SSSR count). The highest BCUT2D eigenvalue weighted by Gasteiger charge is 1.89. The molecule has 0 amide bonds. The number of nitrogens with one attached hydrogen (secondary N) is 1. The van der Waals surface area contributed by atoms with Crippen molar-refractivity contribution in [1.82, 2.24) is 0 Å². The summed E-state index contributed by atoms with van der Waals surface area (Å²) in [6.07, 6.45) is 1.83. The fraction of sp³-hybridized carbons (Fsp3) is 0.0833. The number of benzene rings is 1. The average molecular weight is 216 g/mol. The predicted octanol–water partition coefficient (Wildman–Crippen LogP) is 3.50. The zero-order chi connectivity index (χ0) is 10.5. The van der Waals surface area contributed by atoms with E-state index in [-0.39, 0.29) is 0 Å². The summed E-state index contributed by atoms with van der Waals surface area (Å²) in [7, 11) is 0. The summed E-state index contributed by atoms with van der Waals surface area (Å²) in [5.41, 5.74) is 5.24. The first-order valence-electron chi connectivity index (χ1n) is 4.74. The van der Waals surface area contributed by atoms with Gasteiger partial charge in [0, 0.05) is 4.88 Å². The van der Waals surface area contributed by atoms with Gasteiger partial charge in [-0.05, 0) is 36.1 Å². The number of aryl methyl sites for hydroxylation is 1. The third-order valence-electron chi connectivity index (χ3n) is 1.95. The molecule has 0 aliphatic rings. The van der Waals surface area contributed by atoms with E-state index in [2.05, 4.69) is 29.6 Å². The first-order chi connectivity index (χ1) is 7.34. The van der Waals surface area contributed by atoms with Crippen molar-refractivity contribution in [2.75, 3.05) is 5.43 Å². The van der Waals surface area contributed by atoms with Crippen molar-refractivity contribution in [3.8, 4) is 0 Å². The largest absolute Gasteiger partial charge is 0.278 e. The Bertz CT molecular complexity index is 446. The fourth-order valence-electron chi connectivity index (χ4n) is 1.25. The molecule has 1 heterocycles. The van der Waals surface area contributed by atoms with Crippen LogP contribution in [-0.4, -0.2) is 6.21 Å². The van der Waals surface area contributed by atoms with Gasteiger partial charge >= 0.3 is 0 Å². The number of rotatable bonds is 3. The molecule has 76 valence electrons. The lowest BCUT2D eigenvalue weighted by Gasteiger charge is -1.99. The SMILES string of the molecule is Cc1cccc(N/N=C/c2cccs2)c1. The van der Waals surface area contributed by atoms with E-state index in [0.29, 0.717) is 0 Å². The molecule has 15 heavy (non-hydrogen) atoms. The maximum atomic E-state index is 4.16. The van der Waals surface area contributed by atoms with Gasteiger partial charge < -0.3 is 0 Å². The normalized spacial score (nSPS) is 10.7. The highest BCUT2D eigenvalue weighted by atomic mass is 32.1. The molecule has 2 aromatic rings. The van der Waals surface area contributed by atoms with Crippen molar-refractivity contribution in [1.29, 1.82) is 0 Å². The van der Waals surface area contributed by atoms with Crippen LogP contribution in [0.2, 0.25) is 0 Å². The van der Waals surface area contributed by atoms with Crippen LogP contribution >= 0.6 is 11.3 Å². The third kappa shape index (κ3) is 2.92. The van der Waals surface area contributed by atoms with E-state index < -0.39 is 0 Å². The molecule has 2 nitrogen and oxygen atoms in total. The monoisotopic (exact) mass is 216 g/mol. The molecule has 1 N–H and O–H groups in total. The molecule has 1 aromatic heterocycles. The van der Waals surface area contributed by atoms with Crippen LogP contribution in [0.1, 0.15) is 10.4 Å². The topological polar surface area (TPSA) is 24.4 Å². The van der Waals surface area contributed by atoms with Crippen molar-refractivity contribution in [3.63, 3.8) is 0 Å². The third-order valence-corrected chi connectivity index (χ3v) is 2.75. The van der Waals surface area contributed by atoms with Crippen LogP contribution in [0.4, 0.5) is 5.69 Å². The minimum absolute atomic E-state index is 1.02. The molecule has 0 aliphatic carbocycles. The van der Waals surface area contributed by atoms with Crippen LogP contribution in [-0.2, 0) is 0 Å². The highest BCUT2D eigenvalue weighted by molar-refractivity contribution is 7.11. The second kappa shape index (κ2) is 4.75. The lowest BCUT2D eigenvalue weighted by Crippen LogP contribution is -1.89. The summed E-state index contributed by atoms with van der Waals surface area (Å²) in [5.74, 6) is 0. The van der Waals surface area contributed by atoms with E-state index in [4.69, 9.17) is 0 Å². The van der Waals surface area contributed by atoms with Crippen molar-refractivity contribution in [2.45, 2.75) is 6.92 Å². The molecule has 3 heteroatoms. The van der Waals surface area contributed by atoms with E-state index >= 15 is 0 Å². The van der Waals surface area contributed by atoms with Gasteiger partial charge in [0.25, 0.3) is 0 Å². The Morgan fingerprint density at radius 3 is 2.93 bits per heavy atom. The van der Waals surface area contributed by atoms with Gasteiger partial charge in [-0.3, -0.25) is 5.43 Å². The maximum Gasteiger partial charge on any atom is 0.0644 e. The van der Waals surface area contributed by atoms with Gasteiger partial charge in [0.15, 0.2) is 0 Å². The molecule has 1 aromatic carbocycles. The maximum absolute atomic E-state index is 4.16.